The molecule has 1 saturated heterocycles. The molecular formula is C14H19N5. The number of pyridine rings is 1. The van der Waals surface area contributed by atoms with E-state index in [1.54, 1.807) is 0 Å². The zero-order valence-corrected chi connectivity index (χ0v) is 11.0. The molecule has 1 aliphatic rings. The fourth-order valence-corrected chi connectivity index (χ4v) is 2.45. The summed E-state index contributed by atoms with van der Waals surface area (Å²) in [5.74, 6) is 0.650. The maximum atomic E-state index is 6.03. The summed E-state index contributed by atoms with van der Waals surface area (Å²) in [6.07, 6.45) is 7.72. The molecule has 2 N–H and O–H groups in total. The van der Waals surface area contributed by atoms with Crippen LogP contribution in [0, 0.1) is 0 Å². The summed E-state index contributed by atoms with van der Waals surface area (Å²) in [7, 11) is 0. The number of nitrogens with zero attached hydrogens (tertiary/aromatic N) is 4. The first kappa shape index (κ1) is 12.0. The van der Waals surface area contributed by atoms with E-state index in [0.29, 0.717) is 12.5 Å². The molecule has 2 aromatic rings. The highest BCUT2D eigenvalue weighted by Gasteiger charge is 2.11. The summed E-state index contributed by atoms with van der Waals surface area (Å²) in [6, 6.07) is 5.96. The highest BCUT2D eigenvalue weighted by Crippen LogP contribution is 2.09. The minimum Gasteiger partial charge on any atom is -0.370 e. The number of guanidine groups is 1. The van der Waals surface area contributed by atoms with E-state index in [1.807, 2.05) is 35.0 Å². The molecule has 5 heteroatoms. The van der Waals surface area contributed by atoms with Gasteiger partial charge in [-0.3, -0.25) is 0 Å². The van der Waals surface area contributed by atoms with Crippen LogP contribution in [-0.2, 0) is 6.54 Å². The second kappa shape index (κ2) is 5.30. The molecule has 100 valence electrons. The zero-order chi connectivity index (χ0) is 13.1. The number of aromatic nitrogens is 2. The van der Waals surface area contributed by atoms with Gasteiger partial charge in [-0.1, -0.05) is 6.07 Å². The number of hydrogen-bond acceptors (Lipinski definition) is 2. The molecule has 0 atom stereocenters. The fourth-order valence-electron chi connectivity index (χ4n) is 2.45. The molecule has 5 nitrogen and oxygen atoms in total. The zero-order valence-electron chi connectivity index (χ0n) is 11.0. The van der Waals surface area contributed by atoms with Crippen LogP contribution in [0.25, 0.3) is 5.65 Å². The molecule has 0 unspecified atom stereocenters. The van der Waals surface area contributed by atoms with E-state index in [4.69, 9.17) is 5.73 Å². The van der Waals surface area contributed by atoms with Gasteiger partial charge in [-0.05, 0) is 31.4 Å². The van der Waals surface area contributed by atoms with Gasteiger partial charge in [0.2, 0.25) is 0 Å². The standard InChI is InChI=1S/C14H19N5/c15-14(18-7-3-1-4-8-18)16-10-12-11-19-9-5-2-6-13(19)17-12/h2,5-6,9,11H,1,3-4,7-8,10H2,(H2,15,16). The van der Waals surface area contributed by atoms with E-state index < -0.39 is 0 Å². The molecule has 0 bridgehead atoms. The Balaban J connectivity index is 1.70. The average molecular weight is 257 g/mol. The quantitative estimate of drug-likeness (QED) is 0.657. The predicted octanol–water partition coefficient (Wildman–Crippen LogP) is 1.63. The SMILES string of the molecule is NC(=NCc1cn2ccccc2n1)N1CCCCC1. The summed E-state index contributed by atoms with van der Waals surface area (Å²) in [5, 5.41) is 0. The molecule has 3 heterocycles. The van der Waals surface area contributed by atoms with E-state index in [1.165, 1.54) is 19.3 Å². The van der Waals surface area contributed by atoms with E-state index >= 15 is 0 Å². The van der Waals surface area contributed by atoms with E-state index in [-0.39, 0.29) is 0 Å². The number of imidazole rings is 1. The third kappa shape index (κ3) is 2.70. The van der Waals surface area contributed by atoms with Gasteiger partial charge in [-0.15, -0.1) is 0 Å². The lowest BCUT2D eigenvalue weighted by molar-refractivity contribution is 0.338. The van der Waals surface area contributed by atoms with Gasteiger partial charge in [0.15, 0.2) is 5.96 Å². The van der Waals surface area contributed by atoms with Crippen molar-refractivity contribution in [1.29, 1.82) is 0 Å². The Morgan fingerprint density at radius 3 is 2.89 bits per heavy atom. The van der Waals surface area contributed by atoms with Crippen molar-refractivity contribution in [2.24, 2.45) is 10.7 Å². The monoisotopic (exact) mass is 257 g/mol. The molecule has 0 aliphatic carbocycles. The summed E-state index contributed by atoms with van der Waals surface area (Å²) in [6.45, 7) is 2.60. The lowest BCUT2D eigenvalue weighted by atomic mass is 10.1. The van der Waals surface area contributed by atoms with Crippen molar-refractivity contribution in [3.05, 3.63) is 36.3 Å². The summed E-state index contributed by atoms with van der Waals surface area (Å²) in [4.78, 5) is 11.1. The number of piperidine rings is 1. The first-order chi connectivity index (χ1) is 9.33. The third-order valence-electron chi connectivity index (χ3n) is 3.50. The number of aliphatic imine (C=N–C) groups is 1. The maximum Gasteiger partial charge on any atom is 0.191 e. The van der Waals surface area contributed by atoms with Crippen LogP contribution in [0.5, 0.6) is 0 Å². The molecule has 0 amide bonds. The van der Waals surface area contributed by atoms with Gasteiger partial charge in [0.05, 0.1) is 12.2 Å². The van der Waals surface area contributed by atoms with Crippen LogP contribution in [-0.4, -0.2) is 33.3 Å². The Kier molecular flexibility index (Phi) is 3.35. The van der Waals surface area contributed by atoms with E-state index in [2.05, 4.69) is 14.9 Å². The second-order valence-electron chi connectivity index (χ2n) is 4.92. The Bertz CT molecular complexity index is 547. The molecule has 19 heavy (non-hydrogen) atoms. The maximum absolute atomic E-state index is 6.03. The van der Waals surface area contributed by atoms with Crippen molar-refractivity contribution in [3.8, 4) is 0 Å². The van der Waals surface area contributed by atoms with Gasteiger partial charge in [-0.2, -0.15) is 0 Å². The summed E-state index contributed by atoms with van der Waals surface area (Å²) in [5.41, 5.74) is 7.93. The molecule has 1 aliphatic heterocycles. The Hall–Kier alpha value is -2.04. The number of likely N-dealkylation sites (tertiary alicyclic amines) is 1. The van der Waals surface area contributed by atoms with Crippen LogP contribution in [0.2, 0.25) is 0 Å². The average Bonchev–Trinajstić information content (AvgIpc) is 2.88. The minimum absolute atomic E-state index is 0.546. The number of nitrogens with two attached hydrogens (primary N) is 1. The number of rotatable bonds is 2. The lowest BCUT2D eigenvalue weighted by Crippen LogP contribution is -2.40. The Morgan fingerprint density at radius 2 is 2.11 bits per heavy atom. The van der Waals surface area contributed by atoms with E-state index in [9.17, 15) is 0 Å². The second-order valence-corrected chi connectivity index (χ2v) is 4.92. The third-order valence-corrected chi connectivity index (χ3v) is 3.50. The van der Waals surface area contributed by atoms with Gasteiger partial charge < -0.3 is 15.0 Å². The largest absolute Gasteiger partial charge is 0.370 e. The normalized spacial score (nSPS) is 17.1. The Labute approximate surface area is 112 Å². The topological polar surface area (TPSA) is 58.9 Å². The van der Waals surface area contributed by atoms with Crippen LogP contribution in [0.1, 0.15) is 25.0 Å². The smallest absolute Gasteiger partial charge is 0.191 e. The first-order valence-electron chi connectivity index (χ1n) is 6.80. The van der Waals surface area contributed by atoms with Crippen molar-refractivity contribution >= 4 is 11.6 Å². The van der Waals surface area contributed by atoms with Crippen molar-refractivity contribution in [3.63, 3.8) is 0 Å². The molecule has 1 fully saturated rings. The number of hydrogen-bond donors (Lipinski definition) is 1. The molecule has 3 rings (SSSR count). The molecule has 0 aromatic carbocycles. The van der Waals surface area contributed by atoms with E-state index in [0.717, 1.165) is 24.4 Å². The van der Waals surface area contributed by atoms with Crippen molar-refractivity contribution in [1.82, 2.24) is 14.3 Å². The van der Waals surface area contributed by atoms with Gasteiger partial charge in [0, 0.05) is 25.5 Å². The number of fused-ring (bicyclic) bond motifs is 1. The Morgan fingerprint density at radius 1 is 1.26 bits per heavy atom. The van der Waals surface area contributed by atoms with Crippen LogP contribution in [0.15, 0.2) is 35.6 Å². The van der Waals surface area contributed by atoms with Crippen molar-refractivity contribution < 1.29 is 0 Å². The van der Waals surface area contributed by atoms with Crippen LogP contribution in [0.3, 0.4) is 0 Å². The molecule has 0 saturated carbocycles. The summed E-state index contributed by atoms with van der Waals surface area (Å²) < 4.78 is 2.00. The summed E-state index contributed by atoms with van der Waals surface area (Å²) >= 11 is 0. The molecular weight excluding hydrogens is 238 g/mol. The van der Waals surface area contributed by atoms with Crippen LogP contribution < -0.4 is 5.73 Å². The lowest BCUT2D eigenvalue weighted by Gasteiger charge is -2.27. The van der Waals surface area contributed by atoms with Gasteiger partial charge in [0.1, 0.15) is 5.65 Å². The minimum atomic E-state index is 0.546. The first-order valence-corrected chi connectivity index (χ1v) is 6.80. The molecule has 0 radical (unpaired) electrons. The fraction of sp³-hybridized carbons (Fsp3) is 0.429. The van der Waals surface area contributed by atoms with Crippen LogP contribution in [0.4, 0.5) is 0 Å². The highest BCUT2D eigenvalue weighted by atomic mass is 15.3. The van der Waals surface area contributed by atoms with Gasteiger partial charge in [0.25, 0.3) is 0 Å². The van der Waals surface area contributed by atoms with Crippen molar-refractivity contribution in [2.45, 2.75) is 25.8 Å². The van der Waals surface area contributed by atoms with Gasteiger partial charge in [-0.25, -0.2) is 9.98 Å². The van der Waals surface area contributed by atoms with Crippen LogP contribution >= 0.6 is 0 Å². The van der Waals surface area contributed by atoms with Gasteiger partial charge >= 0.3 is 0 Å². The predicted molar refractivity (Wildman–Crippen MR) is 75.9 cm³/mol. The van der Waals surface area contributed by atoms with Crippen molar-refractivity contribution in [2.75, 3.05) is 13.1 Å². The molecule has 2 aromatic heterocycles. The highest BCUT2D eigenvalue weighted by molar-refractivity contribution is 5.78. The molecule has 0 spiro atoms.